The van der Waals surface area contributed by atoms with Gasteiger partial charge in [-0.05, 0) is 24.1 Å². The van der Waals surface area contributed by atoms with Crippen LogP contribution in [-0.2, 0) is 10.5 Å². The van der Waals surface area contributed by atoms with Crippen LogP contribution in [0.2, 0.25) is 5.02 Å². The quantitative estimate of drug-likeness (QED) is 0.673. The van der Waals surface area contributed by atoms with Gasteiger partial charge in [-0.3, -0.25) is 9.79 Å². The monoisotopic (exact) mass is 309 g/mol. The molecular weight excluding hydrogens is 294 g/mol. The maximum Gasteiger partial charge on any atom is 0.168 e. The van der Waals surface area contributed by atoms with E-state index in [1.54, 1.807) is 7.05 Å². The summed E-state index contributed by atoms with van der Waals surface area (Å²) in [5.41, 5.74) is 1.50. The fourth-order valence-corrected chi connectivity index (χ4v) is 3.18. The number of aliphatic hydroxyl groups excluding tert-OH is 1. The van der Waals surface area contributed by atoms with Gasteiger partial charge in [0, 0.05) is 30.7 Å². The molecule has 0 aliphatic heterocycles. The summed E-state index contributed by atoms with van der Waals surface area (Å²) >= 11 is 7.31. The highest BCUT2D eigenvalue weighted by Gasteiger charge is 2.24. The van der Waals surface area contributed by atoms with Crippen molar-refractivity contribution in [3.8, 4) is 0 Å². The number of aliphatic imine (C=N–C) groups is 1. The lowest BCUT2D eigenvalue weighted by molar-refractivity contribution is -0.115. The van der Waals surface area contributed by atoms with Crippen LogP contribution in [0.3, 0.4) is 0 Å². The van der Waals surface area contributed by atoms with Crippen LogP contribution >= 0.6 is 23.4 Å². The summed E-state index contributed by atoms with van der Waals surface area (Å²) in [6, 6.07) is 7.56. The number of halogens is 1. The molecule has 0 spiro atoms. The second-order valence-corrected chi connectivity index (χ2v) is 5.94. The maximum atomic E-state index is 11.9. The Hall–Kier alpha value is -1.26. The normalized spacial score (nSPS) is 16.7. The molecular formula is C15H16ClNO2S. The number of hydrogen-bond donors (Lipinski definition) is 1. The molecule has 0 aromatic heterocycles. The first-order chi connectivity index (χ1) is 9.61. The van der Waals surface area contributed by atoms with Gasteiger partial charge in [-0.1, -0.05) is 23.7 Å². The van der Waals surface area contributed by atoms with E-state index in [2.05, 4.69) is 4.99 Å². The predicted molar refractivity (Wildman–Crippen MR) is 84.6 cm³/mol. The van der Waals surface area contributed by atoms with Crippen LogP contribution in [0.4, 0.5) is 0 Å². The topological polar surface area (TPSA) is 49.7 Å². The summed E-state index contributed by atoms with van der Waals surface area (Å²) in [4.78, 5) is 16.1. The summed E-state index contributed by atoms with van der Waals surface area (Å²) in [5, 5.41) is 11.2. The first-order valence-corrected chi connectivity index (χ1v) is 7.78. The number of aliphatic hydroxyl groups is 1. The molecule has 0 unspecified atom stereocenters. The van der Waals surface area contributed by atoms with Crippen LogP contribution < -0.4 is 0 Å². The highest BCUT2D eigenvalue weighted by Crippen LogP contribution is 2.27. The third-order valence-electron chi connectivity index (χ3n) is 3.09. The molecule has 1 aromatic rings. The molecule has 1 aliphatic carbocycles. The van der Waals surface area contributed by atoms with Crippen molar-refractivity contribution in [2.75, 3.05) is 7.05 Å². The van der Waals surface area contributed by atoms with Crippen molar-refractivity contribution in [2.24, 2.45) is 4.99 Å². The van der Waals surface area contributed by atoms with Crippen LogP contribution in [0, 0.1) is 0 Å². The van der Waals surface area contributed by atoms with Gasteiger partial charge in [-0.25, -0.2) is 0 Å². The average molecular weight is 310 g/mol. The molecule has 0 heterocycles. The number of carbonyl (C=O) groups is 1. The molecule has 5 heteroatoms. The van der Waals surface area contributed by atoms with Crippen molar-refractivity contribution in [2.45, 2.75) is 25.0 Å². The van der Waals surface area contributed by atoms with Gasteiger partial charge in [0.05, 0.1) is 5.57 Å². The summed E-state index contributed by atoms with van der Waals surface area (Å²) in [6.45, 7) is 0. The van der Waals surface area contributed by atoms with Crippen molar-refractivity contribution < 1.29 is 9.90 Å². The van der Waals surface area contributed by atoms with Gasteiger partial charge >= 0.3 is 0 Å². The van der Waals surface area contributed by atoms with E-state index >= 15 is 0 Å². The third-order valence-corrected chi connectivity index (χ3v) is 4.48. The number of nitrogens with zero attached hydrogens (tertiary/aromatic N) is 1. The van der Waals surface area contributed by atoms with Crippen LogP contribution in [0.1, 0.15) is 24.8 Å². The van der Waals surface area contributed by atoms with Crippen LogP contribution in [0.15, 0.2) is 40.6 Å². The number of hydrogen-bond acceptors (Lipinski definition) is 4. The van der Waals surface area contributed by atoms with Crippen molar-refractivity contribution in [3.63, 3.8) is 0 Å². The second kappa shape index (κ2) is 6.95. The van der Waals surface area contributed by atoms with Crippen LogP contribution in [0.25, 0.3) is 0 Å². The smallest absolute Gasteiger partial charge is 0.168 e. The number of thioether (sulfide) groups is 1. The molecule has 1 N–H and O–H groups in total. The zero-order valence-electron chi connectivity index (χ0n) is 11.2. The minimum atomic E-state index is -0.0158. The minimum absolute atomic E-state index is 0.0158. The standard InChI is InChI=1S/C15H16ClNO2S/c1-17-15(14-12(18)3-2-4-13(14)19)20-9-10-5-7-11(16)8-6-10/h5-8,18H,2-4,9H2,1H3. The van der Waals surface area contributed by atoms with Gasteiger partial charge in [0.2, 0.25) is 0 Å². The van der Waals surface area contributed by atoms with E-state index in [-0.39, 0.29) is 11.5 Å². The number of rotatable bonds is 3. The van der Waals surface area contributed by atoms with Crippen molar-refractivity contribution >= 4 is 34.2 Å². The summed E-state index contributed by atoms with van der Waals surface area (Å²) in [6.07, 6.45) is 1.76. The fourth-order valence-electron chi connectivity index (χ4n) is 2.05. The van der Waals surface area contributed by atoms with Gasteiger partial charge in [0.25, 0.3) is 0 Å². The van der Waals surface area contributed by atoms with Crippen LogP contribution in [0.5, 0.6) is 0 Å². The number of carbonyl (C=O) groups excluding carboxylic acids is 1. The third kappa shape index (κ3) is 3.64. The van der Waals surface area contributed by atoms with Crippen LogP contribution in [-0.4, -0.2) is 23.0 Å². The second-order valence-electron chi connectivity index (χ2n) is 4.54. The lowest BCUT2D eigenvalue weighted by Crippen LogP contribution is -2.17. The lowest BCUT2D eigenvalue weighted by atomic mass is 9.97. The molecule has 0 radical (unpaired) electrons. The van der Waals surface area contributed by atoms with E-state index in [9.17, 15) is 9.90 Å². The SMILES string of the molecule is CN=C(SCc1ccc(Cl)cc1)C1=C(O)CCCC1=O. The maximum absolute atomic E-state index is 11.9. The zero-order chi connectivity index (χ0) is 14.5. The highest BCUT2D eigenvalue weighted by atomic mass is 35.5. The molecule has 106 valence electrons. The molecule has 0 bridgehead atoms. The molecule has 0 fully saturated rings. The molecule has 3 nitrogen and oxygen atoms in total. The van der Waals surface area contributed by atoms with E-state index in [0.717, 1.165) is 5.56 Å². The number of ketones is 1. The molecule has 1 aliphatic rings. The summed E-state index contributed by atoms with van der Waals surface area (Å²) < 4.78 is 0. The Balaban J connectivity index is 2.10. The predicted octanol–water partition coefficient (Wildman–Crippen LogP) is 4.17. The first-order valence-electron chi connectivity index (χ1n) is 6.41. The number of allylic oxidation sites excluding steroid dienone is 1. The van der Waals surface area contributed by atoms with E-state index in [1.807, 2.05) is 24.3 Å². The fraction of sp³-hybridized carbons (Fsp3) is 0.333. The van der Waals surface area contributed by atoms with E-state index in [4.69, 9.17) is 11.6 Å². The summed E-state index contributed by atoms with van der Waals surface area (Å²) in [5.74, 6) is 0.844. The Bertz CT molecular complexity index is 564. The Morgan fingerprint density at radius 3 is 2.65 bits per heavy atom. The Morgan fingerprint density at radius 1 is 1.35 bits per heavy atom. The first kappa shape index (κ1) is 15.1. The molecule has 0 saturated heterocycles. The largest absolute Gasteiger partial charge is 0.511 e. The van der Waals surface area contributed by atoms with E-state index in [1.165, 1.54) is 11.8 Å². The van der Waals surface area contributed by atoms with E-state index in [0.29, 0.717) is 40.7 Å². The summed E-state index contributed by atoms with van der Waals surface area (Å²) in [7, 11) is 1.65. The zero-order valence-corrected chi connectivity index (χ0v) is 12.8. The van der Waals surface area contributed by atoms with Crippen molar-refractivity contribution in [3.05, 3.63) is 46.2 Å². The Morgan fingerprint density at radius 2 is 2.05 bits per heavy atom. The highest BCUT2D eigenvalue weighted by molar-refractivity contribution is 8.13. The van der Waals surface area contributed by atoms with E-state index < -0.39 is 0 Å². The average Bonchev–Trinajstić information content (AvgIpc) is 2.44. The minimum Gasteiger partial charge on any atom is -0.511 e. The lowest BCUT2D eigenvalue weighted by Gasteiger charge is -2.16. The van der Waals surface area contributed by atoms with Gasteiger partial charge in [0.15, 0.2) is 5.78 Å². The number of Topliss-reactive ketones (excluding diaryl/α,β-unsaturated/α-hetero) is 1. The van der Waals surface area contributed by atoms with Gasteiger partial charge < -0.3 is 5.11 Å². The van der Waals surface area contributed by atoms with Gasteiger partial charge in [0.1, 0.15) is 10.8 Å². The van der Waals surface area contributed by atoms with Gasteiger partial charge in [-0.15, -0.1) is 11.8 Å². The molecule has 20 heavy (non-hydrogen) atoms. The van der Waals surface area contributed by atoms with Crippen molar-refractivity contribution in [1.82, 2.24) is 0 Å². The molecule has 0 saturated carbocycles. The molecule has 1 aromatic carbocycles. The molecule has 0 atom stereocenters. The molecule has 2 rings (SSSR count). The Kier molecular flexibility index (Phi) is 5.26. The van der Waals surface area contributed by atoms with Crippen molar-refractivity contribution in [1.29, 1.82) is 0 Å². The Labute approximate surface area is 127 Å². The number of benzene rings is 1. The molecule has 0 amide bonds. The van der Waals surface area contributed by atoms with Gasteiger partial charge in [-0.2, -0.15) is 0 Å².